The Kier molecular flexibility index (Phi) is 3.89. The molecule has 3 heterocycles. The molecule has 1 saturated carbocycles. The monoisotopic (exact) mass is 302 g/mol. The number of fused-ring (bicyclic) bond motifs is 1. The summed E-state index contributed by atoms with van der Waals surface area (Å²) in [6.07, 6.45) is 11.5. The van der Waals surface area contributed by atoms with Crippen LogP contribution in [0.5, 0.6) is 0 Å². The fourth-order valence-corrected chi connectivity index (χ4v) is 4.46. The van der Waals surface area contributed by atoms with Crippen LogP contribution in [0.25, 0.3) is 0 Å². The molecule has 0 radical (unpaired) electrons. The van der Waals surface area contributed by atoms with Crippen LogP contribution in [0, 0.1) is 5.92 Å². The van der Waals surface area contributed by atoms with E-state index in [1.165, 1.54) is 32.1 Å². The molecule has 1 atom stereocenters. The largest absolute Gasteiger partial charge is 0.332 e. The number of nitrogens with zero attached hydrogens (tertiary/aromatic N) is 4. The minimum absolute atomic E-state index is 0.174. The molecule has 1 aromatic rings. The number of carbonyl (C=O) groups excluding carboxylic acids is 1. The van der Waals surface area contributed by atoms with Gasteiger partial charge in [-0.1, -0.05) is 19.3 Å². The highest BCUT2D eigenvalue weighted by molar-refractivity contribution is 5.79. The van der Waals surface area contributed by atoms with E-state index in [4.69, 9.17) is 0 Å². The molecule has 5 heteroatoms. The van der Waals surface area contributed by atoms with Crippen LogP contribution < -0.4 is 0 Å². The van der Waals surface area contributed by atoms with E-state index in [1.807, 2.05) is 0 Å². The number of aryl methyl sites for hydroxylation is 1. The third-order valence-electron chi connectivity index (χ3n) is 5.68. The summed E-state index contributed by atoms with van der Waals surface area (Å²) in [7, 11) is 0. The molecule has 0 N–H and O–H groups in total. The Morgan fingerprint density at radius 2 is 1.77 bits per heavy atom. The zero-order valence-corrected chi connectivity index (χ0v) is 13.3. The van der Waals surface area contributed by atoms with Gasteiger partial charge in [0.25, 0.3) is 0 Å². The van der Waals surface area contributed by atoms with Gasteiger partial charge in [-0.25, -0.2) is 0 Å². The molecule has 5 nitrogen and oxygen atoms in total. The molecule has 4 rings (SSSR count). The van der Waals surface area contributed by atoms with Crippen LogP contribution in [0.2, 0.25) is 0 Å². The van der Waals surface area contributed by atoms with Crippen molar-refractivity contribution in [1.29, 1.82) is 0 Å². The Hall–Kier alpha value is -1.39. The molecule has 0 spiro atoms. The molecule has 1 amide bonds. The van der Waals surface area contributed by atoms with Gasteiger partial charge in [0, 0.05) is 25.4 Å². The van der Waals surface area contributed by atoms with Crippen molar-refractivity contribution in [2.24, 2.45) is 5.92 Å². The van der Waals surface area contributed by atoms with E-state index in [-0.39, 0.29) is 12.0 Å². The first-order valence-electron chi connectivity index (χ1n) is 9.07. The Morgan fingerprint density at radius 1 is 0.909 bits per heavy atom. The van der Waals surface area contributed by atoms with Gasteiger partial charge in [-0.2, -0.15) is 0 Å². The molecule has 22 heavy (non-hydrogen) atoms. The van der Waals surface area contributed by atoms with E-state index < -0.39 is 0 Å². The van der Waals surface area contributed by atoms with Crippen molar-refractivity contribution in [3.63, 3.8) is 0 Å². The molecule has 0 unspecified atom stereocenters. The topological polar surface area (TPSA) is 51.0 Å². The minimum atomic E-state index is 0.174. The first kappa shape index (κ1) is 14.2. The van der Waals surface area contributed by atoms with Gasteiger partial charge in [0.15, 0.2) is 5.82 Å². The summed E-state index contributed by atoms with van der Waals surface area (Å²) in [5.41, 5.74) is 0. The lowest BCUT2D eigenvalue weighted by Gasteiger charge is -2.27. The molecular formula is C17H26N4O. The molecule has 3 aliphatic rings. The van der Waals surface area contributed by atoms with Crippen LogP contribution in [0.3, 0.4) is 0 Å². The van der Waals surface area contributed by atoms with Gasteiger partial charge in [0.1, 0.15) is 5.82 Å². The second kappa shape index (κ2) is 6.01. The Balaban J connectivity index is 1.58. The smallest absolute Gasteiger partial charge is 0.226 e. The number of amides is 1. The molecule has 120 valence electrons. The molecule has 1 saturated heterocycles. The predicted molar refractivity (Wildman–Crippen MR) is 83.2 cm³/mol. The molecule has 0 bridgehead atoms. The lowest BCUT2D eigenvalue weighted by atomic mass is 10.1. The number of hydrogen-bond acceptors (Lipinski definition) is 3. The Labute approximate surface area is 132 Å². The summed E-state index contributed by atoms with van der Waals surface area (Å²) < 4.78 is 2.32. The number of aromatic nitrogens is 3. The van der Waals surface area contributed by atoms with Gasteiger partial charge >= 0.3 is 0 Å². The van der Waals surface area contributed by atoms with E-state index >= 15 is 0 Å². The molecular weight excluding hydrogens is 276 g/mol. The van der Waals surface area contributed by atoms with Crippen molar-refractivity contribution in [3.05, 3.63) is 11.6 Å². The van der Waals surface area contributed by atoms with E-state index in [9.17, 15) is 4.79 Å². The van der Waals surface area contributed by atoms with Crippen molar-refractivity contribution in [1.82, 2.24) is 19.7 Å². The Bertz CT molecular complexity index is 547. The van der Waals surface area contributed by atoms with Gasteiger partial charge in [0.2, 0.25) is 5.91 Å². The summed E-state index contributed by atoms with van der Waals surface area (Å²) in [6.45, 7) is 1.93. The molecule has 2 fully saturated rings. The highest BCUT2D eigenvalue weighted by atomic mass is 16.2. The minimum Gasteiger partial charge on any atom is -0.332 e. The molecule has 2 aliphatic heterocycles. The Morgan fingerprint density at radius 3 is 2.64 bits per heavy atom. The highest BCUT2D eigenvalue weighted by Crippen LogP contribution is 2.36. The number of likely N-dealkylation sites (tertiary alicyclic amines) is 1. The van der Waals surface area contributed by atoms with Gasteiger partial charge in [-0.3, -0.25) is 4.79 Å². The number of carbonyl (C=O) groups is 1. The predicted octanol–water partition coefficient (Wildman–Crippen LogP) is 2.86. The van der Waals surface area contributed by atoms with E-state index in [0.29, 0.717) is 5.91 Å². The number of rotatable bonds is 2. The van der Waals surface area contributed by atoms with Crippen LogP contribution in [0.15, 0.2) is 0 Å². The SMILES string of the molecule is O=C(C1CCCC1)N1CCC[C@@H]1c1nnc2n1CCCCC2. The second-order valence-electron chi connectivity index (χ2n) is 7.11. The van der Waals surface area contributed by atoms with E-state index in [2.05, 4.69) is 19.7 Å². The zero-order valence-electron chi connectivity index (χ0n) is 13.3. The summed E-state index contributed by atoms with van der Waals surface area (Å²) >= 11 is 0. The van der Waals surface area contributed by atoms with Crippen LogP contribution >= 0.6 is 0 Å². The summed E-state index contributed by atoms with van der Waals surface area (Å²) in [5.74, 6) is 2.84. The van der Waals surface area contributed by atoms with Crippen LogP contribution in [-0.2, 0) is 17.8 Å². The maximum absolute atomic E-state index is 12.9. The van der Waals surface area contributed by atoms with Gasteiger partial charge in [-0.15, -0.1) is 10.2 Å². The first-order chi connectivity index (χ1) is 10.8. The van der Waals surface area contributed by atoms with Gasteiger partial charge in [-0.05, 0) is 38.5 Å². The van der Waals surface area contributed by atoms with Gasteiger partial charge < -0.3 is 9.47 Å². The lowest BCUT2D eigenvalue weighted by Crippen LogP contribution is -2.36. The standard InChI is InChI=1S/C17H26N4O/c22-17(13-7-3-4-8-13)20-12-6-9-14(20)16-19-18-15-10-2-1-5-11-21(15)16/h13-14H,1-12H2/t14-/m1/s1. The number of hydrogen-bond donors (Lipinski definition) is 0. The van der Waals surface area contributed by atoms with E-state index in [1.54, 1.807) is 0 Å². The first-order valence-corrected chi connectivity index (χ1v) is 9.07. The molecule has 0 aromatic carbocycles. The maximum atomic E-state index is 12.9. The quantitative estimate of drug-likeness (QED) is 0.844. The zero-order chi connectivity index (χ0) is 14.9. The van der Waals surface area contributed by atoms with Crippen molar-refractivity contribution in [3.8, 4) is 0 Å². The summed E-state index contributed by atoms with van der Waals surface area (Å²) in [6, 6.07) is 0.174. The van der Waals surface area contributed by atoms with Crippen molar-refractivity contribution >= 4 is 5.91 Å². The highest BCUT2D eigenvalue weighted by Gasteiger charge is 2.37. The van der Waals surface area contributed by atoms with E-state index in [0.717, 1.165) is 56.8 Å². The van der Waals surface area contributed by atoms with Crippen LogP contribution in [0.4, 0.5) is 0 Å². The normalized spacial score (nSPS) is 26.2. The third-order valence-corrected chi connectivity index (χ3v) is 5.68. The average molecular weight is 302 g/mol. The fourth-order valence-electron chi connectivity index (χ4n) is 4.46. The summed E-state index contributed by atoms with van der Waals surface area (Å²) in [4.78, 5) is 15.0. The maximum Gasteiger partial charge on any atom is 0.226 e. The molecule has 1 aliphatic carbocycles. The van der Waals surface area contributed by atoms with Gasteiger partial charge in [0.05, 0.1) is 6.04 Å². The summed E-state index contributed by atoms with van der Waals surface area (Å²) in [5, 5.41) is 8.93. The lowest BCUT2D eigenvalue weighted by molar-refractivity contribution is -0.136. The third kappa shape index (κ3) is 2.44. The van der Waals surface area contributed by atoms with Crippen LogP contribution in [-0.4, -0.2) is 32.1 Å². The van der Waals surface area contributed by atoms with Crippen molar-refractivity contribution < 1.29 is 4.79 Å². The van der Waals surface area contributed by atoms with Crippen molar-refractivity contribution in [2.75, 3.05) is 6.54 Å². The van der Waals surface area contributed by atoms with Crippen LogP contribution in [0.1, 0.15) is 75.5 Å². The average Bonchev–Trinajstić information content (AvgIpc) is 3.24. The molecule has 1 aromatic heterocycles. The second-order valence-corrected chi connectivity index (χ2v) is 7.11. The fraction of sp³-hybridized carbons (Fsp3) is 0.824. The van der Waals surface area contributed by atoms with Crippen molar-refractivity contribution in [2.45, 2.75) is 76.8 Å².